The zero-order valence-electron chi connectivity index (χ0n) is 10.2. The highest BCUT2D eigenvalue weighted by atomic mass is 35.5. The van der Waals surface area contributed by atoms with Crippen molar-refractivity contribution in [1.29, 1.82) is 0 Å². The molecule has 0 bridgehead atoms. The Morgan fingerprint density at radius 1 is 1.33 bits per heavy atom. The lowest BCUT2D eigenvalue weighted by atomic mass is 9.82. The second kappa shape index (κ2) is 4.35. The van der Waals surface area contributed by atoms with Gasteiger partial charge in [-0.05, 0) is 18.8 Å². The second-order valence-electron chi connectivity index (χ2n) is 5.02. The Morgan fingerprint density at radius 2 is 2.17 bits per heavy atom. The zero-order valence-corrected chi connectivity index (χ0v) is 10.9. The molecule has 96 valence electrons. The lowest BCUT2D eigenvalue weighted by Crippen LogP contribution is -2.15. The standard InChI is InChI=1S/C11H15ClN6/c1-6-3-2-4-7(5-6)9-15-16-10-8(12)14-11(13)17-18(9)10/h6-7H,2-5H2,1H3,(H2,13,17). The van der Waals surface area contributed by atoms with Crippen LogP contribution in [0.2, 0.25) is 5.15 Å². The summed E-state index contributed by atoms with van der Waals surface area (Å²) < 4.78 is 1.65. The van der Waals surface area contributed by atoms with E-state index < -0.39 is 0 Å². The first kappa shape index (κ1) is 11.6. The lowest BCUT2D eigenvalue weighted by Gasteiger charge is -2.24. The fourth-order valence-corrected chi connectivity index (χ4v) is 2.92. The molecule has 6 nitrogen and oxygen atoms in total. The van der Waals surface area contributed by atoms with Gasteiger partial charge in [-0.25, -0.2) is 0 Å². The van der Waals surface area contributed by atoms with E-state index >= 15 is 0 Å². The minimum Gasteiger partial charge on any atom is -0.366 e. The third-order valence-electron chi connectivity index (χ3n) is 3.57. The molecule has 3 rings (SSSR count). The molecule has 0 aromatic carbocycles. The van der Waals surface area contributed by atoms with Crippen molar-refractivity contribution in [2.45, 2.75) is 38.5 Å². The topological polar surface area (TPSA) is 82.0 Å². The van der Waals surface area contributed by atoms with Crippen molar-refractivity contribution in [3.8, 4) is 0 Å². The Morgan fingerprint density at radius 3 is 2.94 bits per heavy atom. The van der Waals surface area contributed by atoms with Gasteiger partial charge in [-0.2, -0.15) is 9.50 Å². The summed E-state index contributed by atoms with van der Waals surface area (Å²) >= 11 is 5.99. The van der Waals surface area contributed by atoms with Crippen molar-refractivity contribution in [3.63, 3.8) is 0 Å². The van der Waals surface area contributed by atoms with E-state index in [4.69, 9.17) is 17.3 Å². The van der Waals surface area contributed by atoms with Gasteiger partial charge in [0.2, 0.25) is 11.6 Å². The molecule has 2 heterocycles. The number of aromatic nitrogens is 5. The fraction of sp³-hybridized carbons (Fsp3) is 0.636. The molecule has 2 aromatic rings. The molecule has 0 amide bonds. The number of halogens is 1. The van der Waals surface area contributed by atoms with Gasteiger partial charge in [0, 0.05) is 5.92 Å². The van der Waals surface area contributed by atoms with Crippen LogP contribution in [0.25, 0.3) is 5.65 Å². The van der Waals surface area contributed by atoms with Crippen LogP contribution in [0.5, 0.6) is 0 Å². The number of rotatable bonds is 1. The maximum atomic E-state index is 5.99. The first-order valence-corrected chi connectivity index (χ1v) is 6.57. The van der Waals surface area contributed by atoms with Gasteiger partial charge >= 0.3 is 0 Å². The second-order valence-corrected chi connectivity index (χ2v) is 5.38. The molecule has 2 aromatic heterocycles. The number of nitrogens with zero attached hydrogens (tertiary/aromatic N) is 5. The molecule has 0 radical (unpaired) electrons. The lowest BCUT2D eigenvalue weighted by molar-refractivity contribution is 0.332. The van der Waals surface area contributed by atoms with Crippen molar-refractivity contribution in [1.82, 2.24) is 24.8 Å². The number of hydrogen-bond donors (Lipinski definition) is 1. The predicted octanol–water partition coefficient (Wildman–Crippen LogP) is 2.05. The van der Waals surface area contributed by atoms with Gasteiger partial charge in [-0.15, -0.1) is 15.3 Å². The number of anilines is 1. The molecular formula is C11H15ClN6. The largest absolute Gasteiger partial charge is 0.366 e. The third-order valence-corrected chi connectivity index (χ3v) is 3.82. The Labute approximate surface area is 110 Å². The average Bonchev–Trinajstić information content (AvgIpc) is 2.72. The highest BCUT2D eigenvalue weighted by molar-refractivity contribution is 6.32. The maximum absolute atomic E-state index is 5.99. The molecule has 0 saturated heterocycles. The van der Waals surface area contributed by atoms with Crippen LogP contribution >= 0.6 is 11.6 Å². The van der Waals surface area contributed by atoms with Crippen molar-refractivity contribution in [2.24, 2.45) is 5.92 Å². The van der Waals surface area contributed by atoms with E-state index in [1.54, 1.807) is 4.52 Å². The summed E-state index contributed by atoms with van der Waals surface area (Å²) in [6, 6.07) is 0. The van der Waals surface area contributed by atoms with Crippen molar-refractivity contribution >= 4 is 23.2 Å². The minimum atomic E-state index is 0.150. The van der Waals surface area contributed by atoms with Gasteiger partial charge in [0.25, 0.3) is 0 Å². The van der Waals surface area contributed by atoms with Crippen LogP contribution in [0, 0.1) is 5.92 Å². The van der Waals surface area contributed by atoms with Gasteiger partial charge in [0.05, 0.1) is 0 Å². The Bertz CT molecular complexity index is 580. The minimum absolute atomic E-state index is 0.150. The summed E-state index contributed by atoms with van der Waals surface area (Å²) in [5, 5.41) is 12.7. The van der Waals surface area contributed by atoms with Gasteiger partial charge in [0.15, 0.2) is 11.0 Å². The molecule has 1 aliphatic carbocycles. The summed E-state index contributed by atoms with van der Waals surface area (Å²) in [6.07, 6.45) is 4.73. The summed E-state index contributed by atoms with van der Waals surface area (Å²) in [5.74, 6) is 2.10. The molecule has 1 saturated carbocycles. The maximum Gasteiger partial charge on any atom is 0.240 e. The summed E-state index contributed by atoms with van der Waals surface area (Å²) in [5.41, 5.74) is 6.11. The van der Waals surface area contributed by atoms with E-state index in [1.165, 1.54) is 12.8 Å². The van der Waals surface area contributed by atoms with Gasteiger partial charge in [0.1, 0.15) is 0 Å². The Hall–Kier alpha value is -1.43. The summed E-state index contributed by atoms with van der Waals surface area (Å²) in [4.78, 5) is 3.88. The van der Waals surface area contributed by atoms with Crippen LogP contribution in [0.3, 0.4) is 0 Å². The van der Waals surface area contributed by atoms with Crippen LogP contribution in [-0.4, -0.2) is 24.8 Å². The Kier molecular flexibility index (Phi) is 2.81. The number of hydrogen-bond acceptors (Lipinski definition) is 5. The van der Waals surface area contributed by atoms with E-state index in [1.807, 2.05) is 0 Å². The molecule has 1 fully saturated rings. The Balaban J connectivity index is 2.06. The molecule has 2 N–H and O–H groups in total. The highest BCUT2D eigenvalue weighted by Crippen LogP contribution is 2.35. The molecule has 18 heavy (non-hydrogen) atoms. The van der Waals surface area contributed by atoms with Crippen LogP contribution in [-0.2, 0) is 0 Å². The van der Waals surface area contributed by atoms with Crippen LogP contribution in [0.15, 0.2) is 0 Å². The molecule has 2 atom stereocenters. The first-order valence-electron chi connectivity index (χ1n) is 6.19. The number of nitrogens with two attached hydrogens (primary N) is 1. The molecule has 0 aliphatic heterocycles. The van der Waals surface area contributed by atoms with E-state index in [2.05, 4.69) is 27.2 Å². The zero-order chi connectivity index (χ0) is 12.7. The highest BCUT2D eigenvalue weighted by Gasteiger charge is 2.25. The summed E-state index contributed by atoms with van der Waals surface area (Å²) in [6.45, 7) is 2.27. The van der Waals surface area contributed by atoms with Gasteiger partial charge < -0.3 is 5.73 Å². The molecular weight excluding hydrogens is 252 g/mol. The van der Waals surface area contributed by atoms with E-state index in [-0.39, 0.29) is 11.1 Å². The quantitative estimate of drug-likeness (QED) is 0.854. The van der Waals surface area contributed by atoms with Gasteiger partial charge in [-0.3, -0.25) is 0 Å². The monoisotopic (exact) mass is 266 g/mol. The van der Waals surface area contributed by atoms with Crippen molar-refractivity contribution in [3.05, 3.63) is 11.0 Å². The third kappa shape index (κ3) is 1.90. The van der Waals surface area contributed by atoms with Crippen LogP contribution in [0.4, 0.5) is 5.95 Å². The van der Waals surface area contributed by atoms with Crippen LogP contribution < -0.4 is 5.73 Å². The predicted molar refractivity (Wildman–Crippen MR) is 68.4 cm³/mol. The van der Waals surface area contributed by atoms with E-state index in [0.29, 0.717) is 17.5 Å². The number of nitrogen functional groups attached to an aromatic ring is 1. The van der Waals surface area contributed by atoms with E-state index in [9.17, 15) is 0 Å². The fourth-order valence-electron chi connectivity index (χ4n) is 2.72. The van der Waals surface area contributed by atoms with Gasteiger partial charge in [-0.1, -0.05) is 31.4 Å². The molecule has 1 aliphatic rings. The summed E-state index contributed by atoms with van der Waals surface area (Å²) in [7, 11) is 0. The molecule has 0 spiro atoms. The smallest absolute Gasteiger partial charge is 0.240 e. The average molecular weight is 267 g/mol. The normalized spacial score (nSPS) is 24.6. The van der Waals surface area contributed by atoms with Crippen molar-refractivity contribution in [2.75, 3.05) is 5.73 Å². The first-order chi connectivity index (χ1) is 8.65. The van der Waals surface area contributed by atoms with Crippen molar-refractivity contribution < 1.29 is 0 Å². The van der Waals surface area contributed by atoms with Crippen LogP contribution in [0.1, 0.15) is 44.3 Å². The van der Waals surface area contributed by atoms with E-state index in [0.717, 1.165) is 18.7 Å². The number of fused-ring (bicyclic) bond motifs is 1. The SMILES string of the molecule is CC1CCCC(c2nnc3c(Cl)nc(N)nn23)C1. The molecule has 7 heteroatoms. The molecule has 2 unspecified atom stereocenters.